The van der Waals surface area contributed by atoms with Crippen molar-refractivity contribution in [3.63, 3.8) is 0 Å². The first kappa shape index (κ1) is 22.8. The van der Waals surface area contributed by atoms with Gasteiger partial charge in [-0.25, -0.2) is 4.39 Å². The number of hydrogen-bond donors (Lipinski definition) is 1. The molecule has 1 N–H and O–H groups in total. The van der Waals surface area contributed by atoms with Gasteiger partial charge >= 0.3 is 0 Å². The molecule has 1 amide bonds. The molecule has 0 aliphatic rings. The average molecular weight is 441 g/mol. The van der Waals surface area contributed by atoms with Gasteiger partial charge in [-0.15, -0.1) is 0 Å². The third-order valence-corrected chi connectivity index (χ3v) is 5.20. The Morgan fingerprint density at radius 3 is 2.84 bits per heavy atom. The SMILES string of the molecule is CCCC=C(CCNC(=O)c1cc(Cc2cccc(F)c2)on1)c1cc(Cl)ccc1C. The summed E-state index contributed by atoms with van der Waals surface area (Å²) in [5, 5.41) is 7.45. The zero-order chi connectivity index (χ0) is 22.2. The van der Waals surface area contributed by atoms with Gasteiger partial charge < -0.3 is 9.84 Å². The highest BCUT2D eigenvalue weighted by Crippen LogP contribution is 2.26. The second kappa shape index (κ2) is 10.9. The second-order valence-electron chi connectivity index (χ2n) is 7.47. The minimum Gasteiger partial charge on any atom is -0.360 e. The highest BCUT2D eigenvalue weighted by molar-refractivity contribution is 6.30. The summed E-state index contributed by atoms with van der Waals surface area (Å²) in [4.78, 5) is 12.5. The third kappa shape index (κ3) is 6.53. The number of unbranched alkanes of at least 4 members (excludes halogenated alkanes) is 1. The molecule has 0 aliphatic carbocycles. The Kier molecular flexibility index (Phi) is 8.01. The molecule has 4 nitrogen and oxygen atoms in total. The minimum absolute atomic E-state index is 0.212. The Morgan fingerprint density at radius 1 is 1.23 bits per heavy atom. The number of allylic oxidation sites excluding steroid dienone is 1. The monoisotopic (exact) mass is 440 g/mol. The molecule has 0 radical (unpaired) electrons. The molecule has 162 valence electrons. The second-order valence-corrected chi connectivity index (χ2v) is 7.90. The van der Waals surface area contributed by atoms with Crippen LogP contribution in [0.2, 0.25) is 5.02 Å². The molecule has 0 saturated heterocycles. The molecule has 0 spiro atoms. The van der Waals surface area contributed by atoms with Crippen molar-refractivity contribution in [1.29, 1.82) is 0 Å². The average Bonchev–Trinajstić information content (AvgIpc) is 3.21. The van der Waals surface area contributed by atoms with Gasteiger partial charge in [-0.05, 0) is 66.3 Å². The Bertz CT molecular complexity index is 1070. The van der Waals surface area contributed by atoms with E-state index >= 15 is 0 Å². The van der Waals surface area contributed by atoms with E-state index < -0.39 is 0 Å². The van der Waals surface area contributed by atoms with E-state index in [1.54, 1.807) is 18.2 Å². The lowest BCUT2D eigenvalue weighted by atomic mass is 9.96. The van der Waals surface area contributed by atoms with Crippen LogP contribution in [0.3, 0.4) is 0 Å². The molecule has 31 heavy (non-hydrogen) atoms. The normalized spacial score (nSPS) is 11.5. The van der Waals surface area contributed by atoms with Gasteiger partial charge in [-0.1, -0.05) is 54.4 Å². The predicted molar refractivity (Wildman–Crippen MR) is 122 cm³/mol. The van der Waals surface area contributed by atoms with E-state index in [1.165, 1.54) is 12.1 Å². The molecule has 0 fully saturated rings. The first-order valence-corrected chi connectivity index (χ1v) is 10.8. The van der Waals surface area contributed by atoms with Gasteiger partial charge in [0.15, 0.2) is 5.69 Å². The van der Waals surface area contributed by atoms with Crippen LogP contribution in [0, 0.1) is 12.7 Å². The molecular weight excluding hydrogens is 415 g/mol. The number of halogens is 2. The van der Waals surface area contributed by atoms with Gasteiger partial charge in [0, 0.05) is 24.1 Å². The summed E-state index contributed by atoms with van der Waals surface area (Å²) >= 11 is 6.19. The maximum absolute atomic E-state index is 13.3. The lowest BCUT2D eigenvalue weighted by molar-refractivity contribution is 0.0945. The molecule has 6 heteroatoms. The fourth-order valence-electron chi connectivity index (χ4n) is 3.36. The molecular formula is C25H26ClFN2O2. The van der Waals surface area contributed by atoms with Gasteiger partial charge in [0.25, 0.3) is 5.91 Å². The number of carbonyl (C=O) groups excluding carboxylic acids is 1. The Hall–Kier alpha value is -2.92. The molecule has 1 aromatic heterocycles. The van der Waals surface area contributed by atoms with Crippen LogP contribution in [0.15, 0.2) is 59.1 Å². The van der Waals surface area contributed by atoms with Crippen molar-refractivity contribution in [2.75, 3.05) is 6.54 Å². The summed E-state index contributed by atoms with van der Waals surface area (Å²) in [5.41, 5.74) is 4.38. The number of benzene rings is 2. The first-order valence-electron chi connectivity index (χ1n) is 10.4. The van der Waals surface area contributed by atoms with E-state index in [2.05, 4.69) is 30.4 Å². The Morgan fingerprint density at radius 2 is 2.06 bits per heavy atom. The van der Waals surface area contributed by atoms with Crippen LogP contribution in [0.1, 0.15) is 59.1 Å². The minimum atomic E-state index is -0.308. The number of carbonyl (C=O) groups is 1. The molecule has 0 unspecified atom stereocenters. The third-order valence-electron chi connectivity index (χ3n) is 4.96. The predicted octanol–water partition coefficient (Wildman–Crippen LogP) is 6.37. The van der Waals surface area contributed by atoms with Gasteiger partial charge in [0.2, 0.25) is 0 Å². The Labute approximate surface area is 187 Å². The molecule has 2 aromatic carbocycles. The van der Waals surface area contributed by atoms with Crippen LogP contribution < -0.4 is 5.32 Å². The lowest BCUT2D eigenvalue weighted by Crippen LogP contribution is -2.25. The van der Waals surface area contributed by atoms with Crippen LogP contribution in [-0.4, -0.2) is 17.6 Å². The largest absolute Gasteiger partial charge is 0.360 e. The van der Waals surface area contributed by atoms with Gasteiger partial charge in [-0.3, -0.25) is 4.79 Å². The summed E-state index contributed by atoms with van der Waals surface area (Å²) in [6, 6.07) is 13.7. The molecule has 1 heterocycles. The van der Waals surface area contributed by atoms with Crippen molar-refractivity contribution in [1.82, 2.24) is 10.5 Å². The van der Waals surface area contributed by atoms with Crippen molar-refractivity contribution in [3.8, 4) is 0 Å². The van der Waals surface area contributed by atoms with E-state index in [-0.39, 0.29) is 17.4 Å². The zero-order valence-corrected chi connectivity index (χ0v) is 18.5. The fraction of sp³-hybridized carbons (Fsp3) is 0.280. The number of aromatic nitrogens is 1. The summed E-state index contributed by atoms with van der Waals surface area (Å²) < 4.78 is 18.6. The Balaban J connectivity index is 1.60. The van der Waals surface area contributed by atoms with Gasteiger partial charge in [-0.2, -0.15) is 0 Å². The molecule has 0 bridgehead atoms. The van der Waals surface area contributed by atoms with E-state index in [0.717, 1.165) is 35.1 Å². The van der Waals surface area contributed by atoms with Crippen molar-refractivity contribution in [3.05, 3.63) is 93.6 Å². The highest BCUT2D eigenvalue weighted by atomic mass is 35.5. The van der Waals surface area contributed by atoms with Crippen molar-refractivity contribution >= 4 is 23.1 Å². The number of nitrogens with zero attached hydrogens (tertiary/aromatic N) is 1. The number of hydrogen-bond acceptors (Lipinski definition) is 3. The topological polar surface area (TPSA) is 55.1 Å². The van der Waals surface area contributed by atoms with Crippen molar-refractivity contribution < 1.29 is 13.7 Å². The lowest BCUT2D eigenvalue weighted by Gasteiger charge is -2.12. The fourth-order valence-corrected chi connectivity index (χ4v) is 3.53. The van der Waals surface area contributed by atoms with Crippen LogP contribution in [0.4, 0.5) is 4.39 Å². The van der Waals surface area contributed by atoms with E-state index in [9.17, 15) is 9.18 Å². The molecule has 3 aromatic rings. The molecule has 0 atom stereocenters. The van der Waals surface area contributed by atoms with Gasteiger partial charge in [0.05, 0.1) is 0 Å². The van der Waals surface area contributed by atoms with Crippen LogP contribution in [0.25, 0.3) is 5.57 Å². The number of rotatable bonds is 9. The van der Waals surface area contributed by atoms with Crippen molar-refractivity contribution in [2.45, 2.75) is 39.5 Å². The maximum Gasteiger partial charge on any atom is 0.273 e. The van der Waals surface area contributed by atoms with E-state index in [4.69, 9.17) is 16.1 Å². The maximum atomic E-state index is 13.3. The zero-order valence-electron chi connectivity index (χ0n) is 17.8. The van der Waals surface area contributed by atoms with Gasteiger partial charge in [0.1, 0.15) is 11.6 Å². The standard InChI is InChI=1S/C25H26ClFN2O2/c1-3-4-7-19(23-15-20(26)10-9-17(23)2)11-12-28-25(30)24-16-22(31-29-24)14-18-6-5-8-21(27)13-18/h5-10,13,15-16H,3-4,11-12,14H2,1-2H3,(H,28,30). The molecule has 3 rings (SSSR count). The number of amides is 1. The first-order chi connectivity index (χ1) is 15.0. The molecule has 0 saturated carbocycles. The number of aryl methyl sites for hydroxylation is 1. The summed E-state index contributed by atoms with van der Waals surface area (Å²) in [7, 11) is 0. The summed E-state index contributed by atoms with van der Waals surface area (Å²) in [5.74, 6) is -0.0995. The molecule has 0 aliphatic heterocycles. The van der Waals surface area contributed by atoms with Crippen LogP contribution in [-0.2, 0) is 6.42 Å². The quantitative estimate of drug-likeness (QED) is 0.420. The van der Waals surface area contributed by atoms with E-state index in [0.29, 0.717) is 30.2 Å². The highest BCUT2D eigenvalue weighted by Gasteiger charge is 2.14. The number of nitrogens with one attached hydrogen (secondary N) is 1. The summed E-state index contributed by atoms with van der Waals surface area (Å²) in [6.45, 7) is 4.65. The smallest absolute Gasteiger partial charge is 0.273 e. The van der Waals surface area contributed by atoms with Crippen molar-refractivity contribution in [2.24, 2.45) is 0 Å². The summed E-state index contributed by atoms with van der Waals surface area (Å²) in [6.07, 6.45) is 5.26. The van der Waals surface area contributed by atoms with Crippen LogP contribution in [0.5, 0.6) is 0 Å². The van der Waals surface area contributed by atoms with Crippen LogP contribution >= 0.6 is 11.6 Å². The van der Waals surface area contributed by atoms with E-state index in [1.807, 2.05) is 18.2 Å².